The molecular formula is C18H12Cl2O3. The Kier molecular flexibility index (Phi) is 4.16. The molecule has 1 aromatic heterocycles. The van der Waals surface area contributed by atoms with Gasteiger partial charge in [0, 0.05) is 27.2 Å². The number of benzene rings is 2. The molecule has 0 fully saturated rings. The van der Waals surface area contributed by atoms with Gasteiger partial charge in [0.05, 0.1) is 5.57 Å². The van der Waals surface area contributed by atoms with E-state index in [1.165, 1.54) is 0 Å². The molecule has 1 N–H and O–H groups in total. The van der Waals surface area contributed by atoms with Crippen molar-refractivity contribution in [3.63, 3.8) is 0 Å². The second-order valence-corrected chi connectivity index (χ2v) is 5.94. The van der Waals surface area contributed by atoms with Crippen molar-refractivity contribution in [3.05, 3.63) is 76.2 Å². The van der Waals surface area contributed by atoms with Crippen LogP contribution < -0.4 is 0 Å². The minimum Gasteiger partial charge on any atom is -0.478 e. The number of rotatable bonds is 4. The Morgan fingerprint density at radius 2 is 1.83 bits per heavy atom. The molecule has 3 rings (SSSR count). The molecule has 3 aromatic rings. The van der Waals surface area contributed by atoms with Crippen LogP contribution in [0.15, 0.2) is 53.5 Å². The lowest BCUT2D eigenvalue weighted by atomic mass is 10.0. The Labute approximate surface area is 142 Å². The number of hydrogen-bond acceptors (Lipinski definition) is 2. The van der Waals surface area contributed by atoms with Gasteiger partial charge >= 0.3 is 5.97 Å². The van der Waals surface area contributed by atoms with Crippen molar-refractivity contribution in [2.24, 2.45) is 0 Å². The van der Waals surface area contributed by atoms with Crippen molar-refractivity contribution >= 4 is 45.5 Å². The first-order valence-electron chi connectivity index (χ1n) is 6.84. The quantitative estimate of drug-likeness (QED) is 0.641. The topological polar surface area (TPSA) is 50.4 Å². The van der Waals surface area contributed by atoms with E-state index >= 15 is 0 Å². The van der Waals surface area contributed by atoms with Gasteiger partial charge < -0.3 is 9.52 Å². The van der Waals surface area contributed by atoms with E-state index in [1.807, 2.05) is 30.3 Å². The molecular weight excluding hydrogens is 335 g/mol. The van der Waals surface area contributed by atoms with Crippen molar-refractivity contribution in [2.75, 3.05) is 0 Å². The maximum absolute atomic E-state index is 11.2. The summed E-state index contributed by atoms with van der Waals surface area (Å²) in [5.41, 5.74) is 0.776. The number of carboxylic acids is 1. The summed E-state index contributed by atoms with van der Waals surface area (Å²) in [4.78, 5) is 11.2. The third-order valence-corrected chi connectivity index (χ3v) is 4.18. The molecule has 0 spiro atoms. The lowest BCUT2D eigenvalue weighted by molar-refractivity contribution is -0.130. The third kappa shape index (κ3) is 2.98. The first-order valence-corrected chi connectivity index (χ1v) is 7.60. The minimum absolute atomic E-state index is 0.0744. The highest BCUT2D eigenvalue weighted by atomic mass is 35.5. The van der Waals surface area contributed by atoms with E-state index in [0.29, 0.717) is 22.2 Å². The number of carboxylic acid groups (broad SMARTS) is 1. The molecule has 0 aliphatic rings. The van der Waals surface area contributed by atoms with Crippen LogP contribution in [0.25, 0.3) is 16.3 Å². The molecule has 23 heavy (non-hydrogen) atoms. The van der Waals surface area contributed by atoms with E-state index in [4.69, 9.17) is 27.6 Å². The predicted molar refractivity (Wildman–Crippen MR) is 92.2 cm³/mol. The van der Waals surface area contributed by atoms with Crippen LogP contribution in [0.1, 0.15) is 17.1 Å². The van der Waals surface area contributed by atoms with Gasteiger partial charge in [0.15, 0.2) is 0 Å². The first kappa shape index (κ1) is 15.7. The summed E-state index contributed by atoms with van der Waals surface area (Å²) in [7, 11) is 0. The summed E-state index contributed by atoms with van der Waals surface area (Å²) in [5.74, 6) is -0.198. The molecule has 0 aliphatic heterocycles. The highest BCUT2D eigenvalue weighted by Crippen LogP contribution is 2.33. The molecule has 0 saturated carbocycles. The second-order valence-electron chi connectivity index (χ2n) is 5.10. The molecule has 5 heteroatoms. The minimum atomic E-state index is -1.11. The summed E-state index contributed by atoms with van der Waals surface area (Å²) in [5, 5.41) is 11.8. The van der Waals surface area contributed by atoms with Crippen LogP contribution in [-0.2, 0) is 11.2 Å². The predicted octanol–water partition coefficient (Wildman–Crippen LogP) is 5.43. The van der Waals surface area contributed by atoms with Crippen molar-refractivity contribution < 1.29 is 14.3 Å². The van der Waals surface area contributed by atoms with Crippen LogP contribution in [-0.4, -0.2) is 11.1 Å². The van der Waals surface area contributed by atoms with Crippen LogP contribution >= 0.6 is 23.2 Å². The fourth-order valence-corrected chi connectivity index (χ4v) is 2.92. The van der Waals surface area contributed by atoms with Gasteiger partial charge in [-0.2, -0.15) is 0 Å². The van der Waals surface area contributed by atoms with Gasteiger partial charge in [0.1, 0.15) is 11.5 Å². The van der Waals surface area contributed by atoms with E-state index < -0.39 is 5.97 Å². The Balaban J connectivity index is 2.11. The Bertz CT molecular complexity index is 925. The van der Waals surface area contributed by atoms with Gasteiger partial charge in [-0.15, -0.1) is 0 Å². The van der Waals surface area contributed by atoms with Crippen molar-refractivity contribution in [2.45, 2.75) is 6.42 Å². The average molecular weight is 347 g/mol. The average Bonchev–Trinajstić information content (AvgIpc) is 2.88. The van der Waals surface area contributed by atoms with Gasteiger partial charge in [-0.05, 0) is 17.7 Å². The molecule has 3 nitrogen and oxygen atoms in total. The van der Waals surface area contributed by atoms with E-state index in [2.05, 4.69) is 6.58 Å². The Morgan fingerprint density at radius 1 is 1.13 bits per heavy atom. The zero-order chi connectivity index (χ0) is 16.6. The molecule has 0 atom stereocenters. The monoisotopic (exact) mass is 346 g/mol. The molecule has 0 aliphatic carbocycles. The summed E-state index contributed by atoms with van der Waals surface area (Å²) in [6.07, 6.45) is 0.434. The number of furan rings is 1. The van der Waals surface area contributed by atoms with Crippen LogP contribution in [0.2, 0.25) is 10.0 Å². The van der Waals surface area contributed by atoms with Gasteiger partial charge in [-0.25, -0.2) is 4.79 Å². The third-order valence-electron chi connectivity index (χ3n) is 3.60. The molecule has 0 unspecified atom stereocenters. The highest BCUT2D eigenvalue weighted by molar-refractivity contribution is 6.35. The summed E-state index contributed by atoms with van der Waals surface area (Å²) >= 11 is 12.1. The van der Waals surface area contributed by atoms with Crippen molar-refractivity contribution in [3.8, 4) is 0 Å². The SMILES string of the molecule is C=C(C(=O)O)c1oc(Cc2ccc(Cl)cc2Cl)c2ccccc12. The fourth-order valence-electron chi connectivity index (χ4n) is 2.45. The van der Waals surface area contributed by atoms with Gasteiger partial charge in [-0.1, -0.05) is 60.1 Å². The molecule has 1 heterocycles. The van der Waals surface area contributed by atoms with E-state index in [0.717, 1.165) is 16.3 Å². The second kappa shape index (κ2) is 6.11. The Morgan fingerprint density at radius 3 is 2.48 bits per heavy atom. The number of aliphatic carboxylic acids is 1. The zero-order valence-electron chi connectivity index (χ0n) is 12.0. The van der Waals surface area contributed by atoms with Crippen LogP contribution in [0, 0.1) is 0 Å². The summed E-state index contributed by atoms with van der Waals surface area (Å²) in [6.45, 7) is 3.59. The van der Waals surface area contributed by atoms with Gasteiger partial charge in [0.2, 0.25) is 0 Å². The maximum atomic E-state index is 11.2. The normalized spacial score (nSPS) is 10.9. The number of hydrogen-bond donors (Lipinski definition) is 1. The lowest BCUT2D eigenvalue weighted by Crippen LogP contribution is -1.96. The van der Waals surface area contributed by atoms with Crippen LogP contribution in [0.4, 0.5) is 0 Å². The standard InChI is InChI=1S/C18H12Cl2O3/c1-10(18(21)22)17-14-5-3-2-4-13(14)16(23-17)8-11-6-7-12(19)9-15(11)20/h2-7,9H,1,8H2,(H,21,22). The first-order chi connectivity index (χ1) is 11.0. The lowest BCUT2D eigenvalue weighted by Gasteiger charge is -2.03. The smallest absolute Gasteiger partial charge is 0.338 e. The number of carbonyl (C=O) groups is 1. The fraction of sp³-hybridized carbons (Fsp3) is 0.0556. The van der Waals surface area contributed by atoms with Crippen molar-refractivity contribution in [1.29, 1.82) is 0 Å². The molecule has 116 valence electrons. The number of halogens is 2. The Hall–Kier alpha value is -2.23. The largest absolute Gasteiger partial charge is 0.478 e. The molecule has 0 radical (unpaired) electrons. The van der Waals surface area contributed by atoms with E-state index in [9.17, 15) is 9.90 Å². The molecule has 0 amide bonds. The summed E-state index contributed by atoms with van der Waals surface area (Å²) in [6, 6.07) is 12.7. The molecule has 0 bridgehead atoms. The molecule has 2 aromatic carbocycles. The van der Waals surface area contributed by atoms with Crippen LogP contribution in [0.5, 0.6) is 0 Å². The highest BCUT2D eigenvalue weighted by Gasteiger charge is 2.19. The molecule has 0 saturated heterocycles. The van der Waals surface area contributed by atoms with E-state index in [1.54, 1.807) is 12.1 Å². The maximum Gasteiger partial charge on any atom is 0.338 e. The number of fused-ring (bicyclic) bond motifs is 1. The zero-order valence-corrected chi connectivity index (χ0v) is 13.5. The summed E-state index contributed by atoms with van der Waals surface area (Å²) < 4.78 is 5.81. The van der Waals surface area contributed by atoms with Crippen LogP contribution in [0.3, 0.4) is 0 Å². The van der Waals surface area contributed by atoms with Gasteiger partial charge in [0.25, 0.3) is 0 Å². The van der Waals surface area contributed by atoms with Gasteiger partial charge in [-0.3, -0.25) is 0 Å². The van der Waals surface area contributed by atoms with Crippen molar-refractivity contribution in [1.82, 2.24) is 0 Å². The van der Waals surface area contributed by atoms with E-state index in [-0.39, 0.29) is 11.3 Å².